The zero-order valence-corrected chi connectivity index (χ0v) is 10.2. The van der Waals surface area contributed by atoms with Gasteiger partial charge in [0.25, 0.3) is 0 Å². The van der Waals surface area contributed by atoms with Crippen molar-refractivity contribution in [1.29, 1.82) is 0 Å². The minimum Gasteiger partial charge on any atom is -0.399 e. The highest BCUT2D eigenvalue weighted by Crippen LogP contribution is 2.14. The lowest BCUT2D eigenvalue weighted by Crippen LogP contribution is -2.13. The molecule has 0 atom stereocenters. The maximum atomic E-state index is 11.8. The molecule has 1 rings (SSSR count). The number of nitrogen functional groups attached to an aromatic ring is 1. The summed E-state index contributed by atoms with van der Waals surface area (Å²) in [5.41, 5.74) is 7.57. The van der Waals surface area contributed by atoms with Crippen LogP contribution in [0.3, 0.4) is 0 Å². The predicted molar refractivity (Wildman–Crippen MR) is 68.3 cm³/mol. The molecular formula is C14H21NO. The van der Waals surface area contributed by atoms with Gasteiger partial charge >= 0.3 is 0 Å². The molecule has 16 heavy (non-hydrogen) atoms. The molecule has 0 aliphatic heterocycles. The van der Waals surface area contributed by atoms with Crippen LogP contribution in [0.25, 0.3) is 0 Å². The molecule has 0 fully saturated rings. The summed E-state index contributed by atoms with van der Waals surface area (Å²) in [6.45, 7) is 4.16. The first-order valence-electron chi connectivity index (χ1n) is 6.04. The SMILES string of the molecule is CCC(CC)C(=O)CCc1ccc(N)cc1. The molecule has 2 nitrogen and oxygen atoms in total. The summed E-state index contributed by atoms with van der Waals surface area (Å²) < 4.78 is 0. The summed E-state index contributed by atoms with van der Waals surface area (Å²) in [5, 5.41) is 0. The number of carbonyl (C=O) groups excluding carboxylic acids is 1. The quantitative estimate of drug-likeness (QED) is 0.746. The third-order valence-corrected chi connectivity index (χ3v) is 3.08. The highest BCUT2D eigenvalue weighted by Gasteiger charge is 2.13. The molecule has 0 aliphatic carbocycles. The average molecular weight is 219 g/mol. The van der Waals surface area contributed by atoms with E-state index in [0.717, 1.165) is 24.9 Å². The monoisotopic (exact) mass is 219 g/mol. The smallest absolute Gasteiger partial charge is 0.136 e. The summed E-state index contributed by atoms with van der Waals surface area (Å²) in [4.78, 5) is 11.8. The van der Waals surface area contributed by atoms with Crippen molar-refractivity contribution < 1.29 is 4.79 Å². The number of Topliss-reactive ketones (excluding diaryl/α,β-unsaturated/α-hetero) is 1. The van der Waals surface area contributed by atoms with E-state index in [0.29, 0.717) is 12.2 Å². The number of hydrogen-bond acceptors (Lipinski definition) is 2. The Balaban J connectivity index is 2.45. The van der Waals surface area contributed by atoms with Crippen LogP contribution in [0.4, 0.5) is 5.69 Å². The van der Waals surface area contributed by atoms with Gasteiger partial charge in [0.1, 0.15) is 5.78 Å². The summed E-state index contributed by atoms with van der Waals surface area (Å²) in [7, 11) is 0. The predicted octanol–water partition coefficient (Wildman–Crippen LogP) is 3.21. The van der Waals surface area contributed by atoms with Gasteiger partial charge in [-0.05, 0) is 37.0 Å². The fourth-order valence-electron chi connectivity index (χ4n) is 1.90. The highest BCUT2D eigenvalue weighted by atomic mass is 16.1. The first kappa shape index (κ1) is 12.8. The van der Waals surface area contributed by atoms with Crippen LogP contribution in [-0.4, -0.2) is 5.78 Å². The molecule has 0 aliphatic rings. The summed E-state index contributed by atoms with van der Waals surface area (Å²) in [5.74, 6) is 0.635. The van der Waals surface area contributed by atoms with E-state index in [1.807, 2.05) is 24.3 Å². The molecule has 2 heteroatoms. The van der Waals surface area contributed by atoms with Crippen molar-refractivity contribution in [2.45, 2.75) is 39.5 Å². The van der Waals surface area contributed by atoms with Gasteiger partial charge in [-0.3, -0.25) is 4.79 Å². The van der Waals surface area contributed by atoms with Gasteiger partial charge in [0.2, 0.25) is 0 Å². The lowest BCUT2D eigenvalue weighted by molar-refractivity contribution is -0.123. The molecule has 2 N–H and O–H groups in total. The van der Waals surface area contributed by atoms with Crippen LogP contribution in [0.5, 0.6) is 0 Å². The molecule has 1 aromatic rings. The molecule has 0 amide bonds. The van der Waals surface area contributed by atoms with Crippen LogP contribution in [0.15, 0.2) is 24.3 Å². The van der Waals surface area contributed by atoms with E-state index in [1.54, 1.807) is 0 Å². The minimum absolute atomic E-state index is 0.244. The molecule has 0 radical (unpaired) electrons. The standard InChI is InChI=1S/C14H21NO/c1-3-12(4-2)14(16)10-7-11-5-8-13(15)9-6-11/h5-6,8-9,12H,3-4,7,10,15H2,1-2H3. The number of anilines is 1. The first-order chi connectivity index (χ1) is 7.67. The Kier molecular flexibility index (Phi) is 5.03. The maximum absolute atomic E-state index is 11.8. The van der Waals surface area contributed by atoms with E-state index in [-0.39, 0.29) is 5.92 Å². The number of benzene rings is 1. The van der Waals surface area contributed by atoms with E-state index in [4.69, 9.17) is 5.73 Å². The largest absolute Gasteiger partial charge is 0.399 e. The Morgan fingerprint density at radius 2 is 1.75 bits per heavy atom. The number of ketones is 1. The number of carbonyl (C=O) groups is 1. The number of hydrogen-bond donors (Lipinski definition) is 1. The maximum Gasteiger partial charge on any atom is 0.136 e. The van der Waals surface area contributed by atoms with E-state index in [9.17, 15) is 4.79 Å². The second kappa shape index (κ2) is 6.31. The highest BCUT2D eigenvalue weighted by molar-refractivity contribution is 5.81. The molecule has 0 heterocycles. The summed E-state index contributed by atoms with van der Waals surface area (Å²) >= 11 is 0. The number of aryl methyl sites for hydroxylation is 1. The fourth-order valence-corrected chi connectivity index (χ4v) is 1.90. The lowest BCUT2D eigenvalue weighted by Gasteiger charge is -2.10. The van der Waals surface area contributed by atoms with Crippen molar-refractivity contribution in [1.82, 2.24) is 0 Å². The van der Waals surface area contributed by atoms with Crippen molar-refractivity contribution in [3.8, 4) is 0 Å². The first-order valence-corrected chi connectivity index (χ1v) is 6.04. The van der Waals surface area contributed by atoms with Crippen LogP contribution < -0.4 is 5.73 Å². The molecule has 0 aromatic heterocycles. The Morgan fingerprint density at radius 3 is 2.25 bits per heavy atom. The van der Waals surface area contributed by atoms with Gasteiger partial charge < -0.3 is 5.73 Å². The van der Waals surface area contributed by atoms with Crippen LogP contribution in [0.2, 0.25) is 0 Å². The topological polar surface area (TPSA) is 43.1 Å². The second-order valence-corrected chi connectivity index (χ2v) is 4.22. The van der Waals surface area contributed by atoms with Crippen molar-refractivity contribution in [2.24, 2.45) is 5.92 Å². The number of nitrogens with two attached hydrogens (primary N) is 1. The molecule has 0 saturated heterocycles. The van der Waals surface area contributed by atoms with Crippen LogP contribution in [0, 0.1) is 5.92 Å². The van der Waals surface area contributed by atoms with Crippen LogP contribution >= 0.6 is 0 Å². The Bertz CT molecular complexity index is 325. The van der Waals surface area contributed by atoms with Crippen molar-refractivity contribution in [3.63, 3.8) is 0 Å². The third-order valence-electron chi connectivity index (χ3n) is 3.08. The van der Waals surface area contributed by atoms with E-state index in [1.165, 1.54) is 5.56 Å². The van der Waals surface area contributed by atoms with Crippen molar-refractivity contribution in [3.05, 3.63) is 29.8 Å². The normalized spacial score (nSPS) is 10.7. The molecule has 0 saturated carbocycles. The van der Waals surface area contributed by atoms with Crippen molar-refractivity contribution >= 4 is 11.5 Å². The molecule has 0 unspecified atom stereocenters. The lowest BCUT2D eigenvalue weighted by atomic mass is 9.94. The molecule has 1 aromatic carbocycles. The van der Waals surface area contributed by atoms with Crippen molar-refractivity contribution in [2.75, 3.05) is 5.73 Å². The zero-order valence-electron chi connectivity index (χ0n) is 10.2. The van der Waals surface area contributed by atoms with Crippen LogP contribution in [-0.2, 0) is 11.2 Å². The minimum atomic E-state index is 0.244. The fraction of sp³-hybridized carbons (Fsp3) is 0.500. The van der Waals surface area contributed by atoms with Crippen LogP contribution in [0.1, 0.15) is 38.7 Å². The summed E-state index contributed by atoms with van der Waals surface area (Å²) in [6.07, 6.45) is 3.39. The Morgan fingerprint density at radius 1 is 1.19 bits per heavy atom. The van der Waals surface area contributed by atoms with E-state index >= 15 is 0 Å². The van der Waals surface area contributed by atoms with Gasteiger partial charge in [-0.15, -0.1) is 0 Å². The van der Waals surface area contributed by atoms with Gasteiger partial charge in [-0.25, -0.2) is 0 Å². The van der Waals surface area contributed by atoms with Gasteiger partial charge in [0.05, 0.1) is 0 Å². The molecule has 88 valence electrons. The molecule has 0 spiro atoms. The van der Waals surface area contributed by atoms with Gasteiger partial charge in [-0.2, -0.15) is 0 Å². The Labute approximate surface area is 97.9 Å². The van der Waals surface area contributed by atoms with Gasteiger partial charge in [0, 0.05) is 18.0 Å². The molecular weight excluding hydrogens is 198 g/mol. The molecule has 0 bridgehead atoms. The van der Waals surface area contributed by atoms with Gasteiger partial charge in [-0.1, -0.05) is 26.0 Å². The van der Waals surface area contributed by atoms with E-state index in [2.05, 4.69) is 13.8 Å². The summed E-state index contributed by atoms with van der Waals surface area (Å²) in [6, 6.07) is 7.76. The number of rotatable bonds is 6. The Hall–Kier alpha value is -1.31. The van der Waals surface area contributed by atoms with E-state index < -0.39 is 0 Å². The van der Waals surface area contributed by atoms with Gasteiger partial charge in [0.15, 0.2) is 0 Å². The average Bonchev–Trinajstić information content (AvgIpc) is 2.30. The zero-order chi connectivity index (χ0) is 12.0. The third kappa shape index (κ3) is 3.69. The second-order valence-electron chi connectivity index (χ2n) is 4.22.